The summed E-state index contributed by atoms with van der Waals surface area (Å²) in [5.41, 5.74) is 0.318. The van der Waals surface area contributed by atoms with E-state index in [-0.39, 0.29) is 24.4 Å². The zero-order chi connectivity index (χ0) is 18.7. The average molecular weight is 363 g/mol. The van der Waals surface area contributed by atoms with Crippen molar-refractivity contribution in [1.29, 1.82) is 0 Å². The molecule has 2 aliphatic heterocycles. The molecule has 0 bridgehead atoms. The Bertz CT molecular complexity index is 758. The number of nitrogens with zero attached hydrogens (tertiary/aromatic N) is 3. The molecule has 1 aromatic rings. The zero-order valence-corrected chi connectivity index (χ0v) is 13.9. The number of ether oxygens (including phenoxy) is 2. The fourth-order valence-corrected chi connectivity index (χ4v) is 2.94. The zero-order valence-electron chi connectivity index (χ0n) is 13.9. The molecule has 138 valence electrons. The van der Waals surface area contributed by atoms with Crippen LogP contribution in [0.25, 0.3) is 0 Å². The number of amides is 2. The van der Waals surface area contributed by atoms with Crippen LogP contribution in [-0.2, 0) is 14.3 Å². The Hall–Kier alpha value is -3.17. The molecular weight excluding hydrogens is 346 g/mol. The van der Waals surface area contributed by atoms with Crippen molar-refractivity contribution in [3.8, 4) is 0 Å². The summed E-state index contributed by atoms with van der Waals surface area (Å²) in [6, 6.07) is 3.99. The number of nitro groups is 1. The van der Waals surface area contributed by atoms with E-state index in [4.69, 9.17) is 4.74 Å². The number of nitro benzene ring substituents is 1. The number of benzene rings is 1. The predicted molar refractivity (Wildman–Crippen MR) is 87.9 cm³/mol. The van der Waals surface area contributed by atoms with Crippen molar-refractivity contribution in [2.75, 3.05) is 37.7 Å². The molecule has 2 amide bonds. The van der Waals surface area contributed by atoms with Gasteiger partial charge in [0.25, 0.3) is 11.6 Å². The van der Waals surface area contributed by atoms with E-state index in [9.17, 15) is 24.5 Å². The number of rotatable bonds is 5. The first-order chi connectivity index (χ1) is 12.5. The molecule has 0 N–H and O–H groups in total. The first-order valence-corrected chi connectivity index (χ1v) is 8.15. The number of esters is 1. The van der Waals surface area contributed by atoms with E-state index in [0.717, 1.165) is 36.9 Å². The SMILES string of the molecule is O=C(OCC(=O)N1CCOC1=O)c1cc([N+](=O)[O-])ccc1N1CCCC1. The van der Waals surface area contributed by atoms with Crippen LogP contribution in [0.2, 0.25) is 0 Å². The van der Waals surface area contributed by atoms with Crippen molar-refractivity contribution in [3.05, 3.63) is 33.9 Å². The molecule has 2 heterocycles. The number of anilines is 1. The molecule has 0 aromatic heterocycles. The van der Waals surface area contributed by atoms with E-state index in [1.54, 1.807) is 0 Å². The summed E-state index contributed by atoms with van der Waals surface area (Å²) in [6.45, 7) is 1.02. The van der Waals surface area contributed by atoms with Gasteiger partial charge in [0, 0.05) is 25.2 Å². The van der Waals surface area contributed by atoms with Crippen LogP contribution >= 0.6 is 0 Å². The normalized spacial score (nSPS) is 16.5. The van der Waals surface area contributed by atoms with E-state index in [1.165, 1.54) is 12.1 Å². The molecule has 2 saturated heterocycles. The molecule has 26 heavy (non-hydrogen) atoms. The quantitative estimate of drug-likeness (QED) is 0.437. The largest absolute Gasteiger partial charge is 0.452 e. The molecule has 0 aliphatic carbocycles. The first kappa shape index (κ1) is 17.6. The monoisotopic (exact) mass is 363 g/mol. The molecular formula is C16H17N3O7. The molecule has 10 nitrogen and oxygen atoms in total. The van der Waals surface area contributed by atoms with Gasteiger partial charge >= 0.3 is 12.1 Å². The Morgan fingerprint density at radius 1 is 1.23 bits per heavy atom. The van der Waals surface area contributed by atoms with Gasteiger partial charge in [-0.15, -0.1) is 0 Å². The molecule has 0 saturated carbocycles. The third kappa shape index (κ3) is 3.58. The third-order valence-corrected chi connectivity index (χ3v) is 4.25. The summed E-state index contributed by atoms with van der Waals surface area (Å²) in [7, 11) is 0. The van der Waals surface area contributed by atoms with Crippen LogP contribution < -0.4 is 4.90 Å². The number of hydrogen-bond donors (Lipinski definition) is 0. The van der Waals surface area contributed by atoms with Gasteiger partial charge in [0.2, 0.25) is 0 Å². The van der Waals surface area contributed by atoms with Crippen LogP contribution in [0.15, 0.2) is 18.2 Å². The van der Waals surface area contributed by atoms with E-state index >= 15 is 0 Å². The highest BCUT2D eigenvalue weighted by atomic mass is 16.6. The van der Waals surface area contributed by atoms with Crippen molar-refractivity contribution in [2.45, 2.75) is 12.8 Å². The Balaban J connectivity index is 1.76. The highest BCUT2D eigenvalue weighted by molar-refractivity contribution is 5.99. The first-order valence-electron chi connectivity index (χ1n) is 8.15. The van der Waals surface area contributed by atoms with Crippen LogP contribution in [0.5, 0.6) is 0 Å². The molecule has 10 heteroatoms. The highest BCUT2D eigenvalue weighted by Gasteiger charge is 2.30. The fraction of sp³-hybridized carbons (Fsp3) is 0.438. The second-order valence-electron chi connectivity index (χ2n) is 5.89. The number of non-ortho nitro benzene ring substituents is 1. The summed E-state index contributed by atoms with van der Waals surface area (Å²) >= 11 is 0. The minimum atomic E-state index is -0.850. The Morgan fingerprint density at radius 2 is 1.96 bits per heavy atom. The van der Waals surface area contributed by atoms with Gasteiger partial charge in [-0.2, -0.15) is 0 Å². The lowest BCUT2D eigenvalue weighted by Gasteiger charge is -2.20. The molecule has 0 atom stereocenters. The van der Waals surface area contributed by atoms with Gasteiger partial charge in [-0.1, -0.05) is 0 Å². The number of hydrogen-bond acceptors (Lipinski definition) is 8. The molecule has 2 fully saturated rings. The predicted octanol–water partition coefficient (Wildman–Crippen LogP) is 1.33. The van der Waals surface area contributed by atoms with Crippen LogP contribution in [0.1, 0.15) is 23.2 Å². The Labute approximate surface area is 148 Å². The van der Waals surface area contributed by atoms with Gasteiger partial charge in [-0.05, 0) is 18.9 Å². The van der Waals surface area contributed by atoms with Crippen molar-refractivity contribution in [3.63, 3.8) is 0 Å². The Morgan fingerprint density at radius 3 is 2.58 bits per heavy atom. The molecule has 0 radical (unpaired) electrons. The van der Waals surface area contributed by atoms with Gasteiger partial charge in [0.05, 0.1) is 22.7 Å². The number of carbonyl (C=O) groups is 3. The minimum Gasteiger partial charge on any atom is -0.452 e. The lowest BCUT2D eigenvalue weighted by atomic mass is 10.1. The summed E-state index contributed by atoms with van der Waals surface area (Å²) < 4.78 is 9.65. The van der Waals surface area contributed by atoms with Crippen LogP contribution in [0.4, 0.5) is 16.2 Å². The summed E-state index contributed by atoms with van der Waals surface area (Å²) in [5.74, 6) is -1.55. The van der Waals surface area contributed by atoms with Crippen molar-refractivity contribution >= 4 is 29.3 Å². The van der Waals surface area contributed by atoms with Crippen molar-refractivity contribution in [1.82, 2.24) is 4.90 Å². The van der Waals surface area contributed by atoms with Crippen molar-refractivity contribution in [2.24, 2.45) is 0 Å². The van der Waals surface area contributed by atoms with E-state index in [2.05, 4.69) is 4.74 Å². The van der Waals surface area contributed by atoms with Crippen LogP contribution in [-0.4, -0.2) is 60.6 Å². The maximum Gasteiger partial charge on any atom is 0.416 e. The lowest BCUT2D eigenvalue weighted by Crippen LogP contribution is -2.35. The number of carbonyl (C=O) groups excluding carboxylic acids is 3. The summed E-state index contributed by atoms with van der Waals surface area (Å²) in [6.07, 6.45) is 1.14. The summed E-state index contributed by atoms with van der Waals surface area (Å²) in [5, 5.41) is 11.0. The molecule has 3 rings (SSSR count). The topological polar surface area (TPSA) is 119 Å². The van der Waals surface area contributed by atoms with Gasteiger partial charge < -0.3 is 14.4 Å². The smallest absolute Gasteiger partial charge is 0.416 e. The average Bonchev–Trinajstić information content (AvgIpc) is 3.30. The van der Waals surface area contributed by atoms with Crippen LogP contribution in [0, 0.1) is 10.1 Å². The number of imide groups is 1. The van der Waals surface area contributed by atoms with Crippen LogP contribution in [0.3, 0.4) is 0 Å². The highest BCUT2D eigenvalue weighted by Crippen LogP contribution is 2.29. The third-order valence-electron chi connectivity index (χ3n) is 4.25. The second kappa shape index (κ2) is 7.38. The second-order valence-corrected chi connectivity index (χ2v) is 5.89. The standard InChI is InChI=1S/C16H17N3O7/c20-14(18-7-8-25-16(18)22)10-26-15(21)12-9-11(19(23)24)3-4-13(12)17-5-1-2-6-17/h3-4,9H,1-2,5-8,10H2. The minimum absolute atomic E-state index is 0.0258. The van der Waals surface area contributed by atoms with E-state index < -0.39 is 29.5 Å². The van der Waals surface area contributed by atoms with E-state index in [0.29, 0.717) is 5.69 Å². The molecule has 2 aliphatic rings. The van der Waals surface area contributed by atoms with Gasteiger partial charge in [0.15, 0.2) is 6.61 Å². The maximum atomic E-state index is 12.4. The van der Waals surface area contributed by atoms with Gasteiger partial charge in [-0.25, -0.2) is 14.5 Å². The maximum absolute atomic E-state index is 12.4. The lowest BCUT2D eigenvalue weighted by molar-refractivity contribution is -0.384. The van der Waals surface area contributed by atoms with Crippen molar-refractivity contribution < 1.29 is 28.8 Å². The fourth-order valence-electron chi connectivity index (χ4n) is 2.94. The Kier molecular flexibility index (Phi) is 5.01. The van der Waals surface area contributed by atoms with Gasteiger partial charge in [0.1, 0.15) is 6.61 Å². The molecule has 1 aromatic carbocycles. The molecule has 0 spiro atoms. The van der Waals surface area contributed by atoms with Gasteiger partial charge in [-0.3, -0.25) is 14.9 Å². The number of cyclic esters (lactones) is 1. The summed E-state index contributed by atoms with van der Waals surface area (Å²) in [4.78, 5) is 48.9. The van der Waals surface area contributed by atoms with E-state index in [1.807, 2.05) is 4.90 Å². The molecule has 0 unspecified atom stereocenters.